The fourth-order valence-corrected chi connectivity index (χ4v) is 6.76. The van der Waals surface area contributed by atoms with Crippen molar-refractivity contribution in [2.24, 2.45) is 0 Å². The zero-order valence-corrected chi connectivity index (χ0v) is 25.3. The molecule has 0 bridgehead atoms. The second-order valence-electron chi connectivity index (χ2n) is 10.8. The number of rotatable bonds is 10. The van der Waals surface area contributed by atoms with Gasteiger partial charge in [-0.25, -0.2) is 9.18 Å². The lowest BCUT2D eigenvalue weighted by Crippen LogP contribution is -2.49. The van der Waals surface area contributed by atoms with Gasteiger partial charge >= 0.3 is 13.6 Å². The van der Waals surface area contributed by atoms with Gasteiger partial charge in [-0.1, -0.05) is 18.2 Å². The van der Waals surface area contributed by atoms with E-state index in [0.717, 1.165) is 0 Å². The Balaban J connectivity index is 1.30. The van der Waals surface area contributed by atoms with E-state index in [2.05, 4.69) is 4.98 Å². The van der Waals surface area contributed by atoms with Crippen LogP contribution in [0.2, 0.25) is 0 Å². The lowest BCUT2D eigenvalue weighted by Gasteiger charge is -2.35. The van der Waals surface area contributed by atoms with Gasteiger partial charge in [-0.3, -0.25) is 28.6 Å². The number of esters is 1. The van der Waals surface area contributed by atoms with E-state index < -0.39 is 31.4 Å². The third-order valence-electron chi connectivity index (χ3n) is 7.79. The van der Waals surface area contributed by atoms with Crippen molar-refractivity contribution in [2.45, 2.75) is 33.0 Å². The molecule has 2 amide bonds. The average molecular weight is 629 g/mol. The molecule has 3 heterocycles. The van der Waals surface area contributed by atoms with E-state index in [1.165, 1.54) is 30.2 Å². The molecule has 0 aliphatic carbocycles. The van der Waals surface area contributed by atoms with E-state index in [1.807, 2.05) is 4.90 Å². The van der Waals surface area contributed by atoms with Crippen LogP contribution < -0.4 is 0 Å². The van der Waals surface area contributed by atoms with Crippen molar-refractivity contribution in [1.29, 1.82) is 0 Å². The molecule has 14 heteroatoms. The first kappa shape index (κ1) is 31.5. The highest BCUT2D eigenvalue weighted by Gasteiger charge is 2.38. The SMILES string of the molecule is CCOC(=O)[C@@H](C)OP(=O)(O)CCN1CCN(C(=O)c2c3c(c(O)c4ncccc24)C(=O)N(Cc2ccc(F)cc2)C3)CC1. The molecule has 2 aliphatic heterocycles. The smallest absolute Gasteiger partial charge is 0.335 e. The zero-order chi connectivity index (χ0) is 31.6. The Bertz CT molecular complexity index is 1630. The van der Waals surface area contributed by atoms with Gasteiger partial charge in [0.05, 0.1) is 23.9 Å². The van der Waals surface area contributed by atoms with Gasteiger partial charge in [0.1, 0.15) is 11.3 Å². The number of phenolic OH excluding ortho intramolecular Hbond substituents is 1. The second-order valence-corrected chi connectivity index (χ2v) is 12.7. The number of hydrogen-bond donors (Lipinski definition) is 2. The fraction of sp³-hybridized carbons (Fsp3) is 0.400. The lowest BCUT2D eigenvalue weighted by atomic mass is 9.95. The van der Waals surface area contributed by atoms with Gasteiger partial charge in [0, 0.05) is 63.0 Å². The number of piperazine rings is 1. The fourth-order valence-electron chi connectivity index (χ4n) is 5.54. The molecule has 5 rings (SSSR count). The highest BCUT2D eigenvalue weighted by Crippen LogP contribution is 2.43. The van der Waals surface area contributed by atoms with Gasteiger partial charge in [0.15, 0.2) is 11.9 Å². The summed E-state index contributed by atoms with van der Waals surface area (Å²) in [6.07, 6.45) is 0.113. The van der Waals surface area contributed by atoms with Gasteiger partial charge in [0.25, 0.3) is 11.8 Å². The average Bonchev–Trinajstić information content (AvgIpc) is 3.32. The first-order valence-corrected chi connectivity index (χ1v) is 16.1. The third kappa shape index (κ3) is 6.61. The first-order chi connectivity index (χ1) is 21.0. The summed E-state index contributed by atoms with van der Waals surface area (Å²) in [6.45, 7) is 5.08. The van der Waals surface area contributed by atoms with E-state index in [-0.39, 0.29) is 55.1 Å². The van der Waals surface area contributed by atoms with Crippen molar-refractivity contribution in [1.82, 2.24) is 19.7 Å². The first-order valence-electron chi connectivity index (χ1n) is 14.3. The van der Waals surface area contributed by atoms with Crippen LogP contribution in [0.5, 0.6) is 5.75 Å². The summed E-state index contributed by atoms with van der Waals surface area (Å²) in [7, 11) is -4.07. The second kappa shape index (κ2) is 13.0. The minimum atomic E-state index is -4.07. The predicted octanol–water partition coefficient (Wildman–Crippen LogP) is 3.15. The molecule has 1 fully saturated rings. The molecule has 2 aliphatic rings. The summed E-state index contributed by atoms with van der Waals surface area (Å²) in [5.41, 5.74) is 1.60. The molecule has 2 N–H and O–H groups in total. The molecule has 3 aromatic rings. The number of aromatic nitrogens is 1. The largest absolute Gasteiger partial charge is 0.505 e. The minimum Gasteiger partial charge on any atom is -0.505 e. The molecular weight excluding hydrogens is 594 g/mol. The van der Waals surface area contributed by atoms with Crippen LogP contribution in [0, 0.1) is 5.82 Å². The number of aromatic hydroxyl groups is 1. The Labute approximate surface area is 253 Å². The molecule has 0 radical (unpaired) electrons. The quantitative estimate of drug-likeness (QED) is 0.253. The number of carbonyl (C=O) groups is 3. The molecular formula is C30H34FN4O8P. The summed E-state index contributed by atoms with van der Waals surface area (Å²) in [5, 5.41) is 11.5. The molecule has 1 unspecified atom stereocenters. The number of benzene rings is 2. The number of pyridine rings is 1. The van der Waals surface area contributed by atoms with E-state index in [0.29, 0.717) is 48.3 Å². The van der Waals surface area contributed by atoms with Crippen molar-refractivity contribution < 1.29 is 42.6 Å². The highest BCUT2D eigenvalue weighted by atomic mass is 31.2. The summed E-state index contributed by atoms with van der Waals surface area (Å²) in [5.74, 6) is -2.14. The number of carbonyl (C=O) groups excluding carboxylic acids is 3. The maximum absolute atomic E-state index is 14.0. The normalized spacial score (nSPS) is 17.4. The van der Waals surface area contributed by atoms with Crippen LogP contribution in [0.3, 0.4) is 0 Å². The monoisotopic (exact) mass is 628 g/mol. The summed E-state index contributed by atoms with van der Waals surface area (Å²) < 4.78 is 35.9. The topological polar surface area (TPSA) is 150 Å². The van der Waals surface area contributed by atoms with Crippen molar-refractivity contribution in [3.8, 4) is 5.75 Å². The van der Waals surface area contributed by atoms with Crippen LogP contribution in [0.4, 0.5) is 4.39 Å². The number of ether oxygens (including phenoxy) is 1. The Hall–Kier alpha value is -3.90. The van der Waals surface area contributed by atoms with Gasteiger partial charge in [-0.15, -0.1) is 0 Å². The van der Waals surface area contributed by atoms with Crippen molar-refractivity contribution in [3.05, 3.63) is 70.7 Å². The van der Waals surface area contributed by atoms with E-state index in [4.69, 9.17) is 9.26 Å². The molecule has 44 heavy (non-hydrogen) atoms. The summed E-state index contributed by atoms with van der Waals surface area (Å²) in [6, 6.07) is 9.13. The summed E-state index contributed by atoms with van der Waals surface area (Å²) >= 11 is 0. The molecule has 12 nitrogen and oxygen atoms in total. The maximum Gasteiger partial charge on any atom is 0.335 e. The van der Waals surface area contributed by atoms with Crippen LogP contribution >= 0.6 is 7.60 Å². The highest BCUT2D eigenvalue weighted by molar-refractivity contribution is 7.52. The van der Waals surface area contributed by atoms with Gasteiger partial charge in [-0.2, -0.15) is 0 Å². The van der Waals surface area contributed by atoms with E-state index in [9.17, 15) is 33.3 Å². The van der Waals surface area contributed by atoms with Crippen molar-refractivity contribution in [2.75, 3.05) is 45.5 Å². The Morgan fingerprint density at radius 1 is 1.14 bits per heavy atom. The number of amides is 2. The standard InChI is InChI=1S/C30H34FN4O8P/c1-3-42-30(39)19(2)43-44(40,41)16-15-33-11-13-34(14-12-33)28(37)24-22-5-4-10-32-26(22)27(36)25-23(24)18-35(29(25)38)17-20-6-8-21(31)9-7-20/h4-10,19,36H,3,11-18H2,1-2H3,(H,40,41)/t19-/m1/s1. The third-order valence-corrected chi connectivity index (χ3v) is 9.20. The van der Waals surface area contributed by atoms with E-state index >= 15 is 0 Å². The molecule has 0 saturated carbocycles. The number of fused-ring (bicyclic) bond motifs is 2. The number of nitrogens with zero attached hydrogens (tertiary/aromatic N) is 4. The van der Waals surface area contributed by atoms with Crippen molar-refractivity contribution in [3.63, 3.8) is 0 Å². The molecule has 234 valence electrons. The van der Waals surface area contributed by atoms with E-state index in [1.54, 1.807) is 36.1 Å². The van der Waals surface area contributed by atoms with Gasteiger partial charge in [-0.05, 0) is 37.6 Å². The van der Waals surface area contributed by atoms with Crippen LogP contribution in [0.15, 0.2) is 42.6 Å². The molecule has 1 aromatic heterocycles. The van der Waals surface area contributed by atoms with Gasteiger partial charge in [0.2, 0.25) is 0 Å². The molecule has 2 atom stereocenters. The Morgan fingerprint density at radius 3 is 2.52 bits per heavy atom. The number of phenols is 1. The molecule has 2 aromatic carbocycles. The number of halogens is 1. The molecule has 1 saturated heterocycles. The van der Waals surface area contributed by atoms with Crippen LogP contribution in [0.1, 0.15) is 45.7 Å². The summed E-state index contributed by atoms with van der Waals surface area (Å²) in [4.78, 5) is 58.9. The number of hydrogen-bond acceptors (Lipinski definition) is 9. The zero-order valence-electron chi connectivity index (χ0n) is 24.4. The van der Waals surface area contributed by atoms with Crippen molar-refractivity contribution >= 4 is 36.3 Å². The van der Waals surface area contributed by atoms with Crippen LogP contribution in [-0.2, 0) is 31.7 Å². The van der Waals surface area contributed by atoms with Crippen LogP contribution in [-0.4, -0.2) is 99.1 Å². The lowest BCUT2D eigenvalue weighted by molar-refractivity contribution is -0.150. The minimum absolute atomic E-state index is 0.0380. The predicted molar refractivity (Wildman–Crippen MR) is 158 cm³/mol. The van der Waals surface area contributed by atoms with Gasteiger partial charge < -0.3 is 24.5 Å². The molecule has 0 spiro atoms. The Morgan fingerprint density at radius 2 is 1.84 bits per heavy atom. The maximum atomic E-state index is 14.0. The Kier molecular flexibility index (Phi) is 9.31. The van der Waals surface area contributed by atoms with Crippen LogP contribution in [0.25, 0.3) is 10.9 Å².